The van der Waals surface area contributed by atoms with Crippen LogP contribution in [0.4, 0.5) is 0 Å². The van der Waals surface area contributed by atoms with Crippen molar-refractivity contribution in [3.63, 3.8) is 0 Å². The van der Waals surface area contributed by atoms with E-state index in [9.17, 15) is 0 Å². The molecule has 0 amide bonds. The molecule has 0 bridgehead atoms. The van der Waals surface area contributed by atoms with Gasteiger partial charge in [0.1, 0.15) is 10.8 Å². The van der Waals surface area contributed by atoms with Crippen LogP contribution in [0, 0.1) is 0 Å². The van der Waals surface area contributed by atoms with E-state index in [2.05, 4.69) is 31.2 Å². The standard InChI is InChI=1S/C16H11BrN4OS/c1-22-13-8-4-11(5-9-13)15-20-21-14(18-19-16(21)23-15)10-2-6-12(17)7-3-10/h2-9H,1H3. The molecule has 4 aromatic rings. The van der Waals surface area contributed by atoms with Crippen molar-refractivity contribution in [2.75, 3.05) is 7.11 Å². The first kappa shape index (κ1) is 14.3. The number of nitrogens with zero attached hydrogens (tertiary/aromatic N) is 4. The van der Waals surface area contributed by atoms with Crippen LogP contribution in [0.3, 0.4) is 0 Å². The highest BCUT2D eigenvalue weighted by atomic mass is 79.9. The zero-order valence-electron chi connectivity index (χ0n) is 12.1. The van der Waals surface area contributed by atoms with Crippen molar-refractivity contribution in [3.8, 4) is 27.7 Å². The van der Waals surface area contributed by atoms with E-state index < -0.39 is 0 Å². The molecule has 0 saturated heterocycles. The average Bonchev–Trinajstić information content (AvgIpc) is 3.16. The van der Waals surface area contributed by atoms with Crippen LogP contribution in [0.2, 0.25) is 0 Å². The maximum Gasteiger partial charge on any atom is 0.235 e. The van der Waals surface area contributed by atoms with Crippen molar-refractivity contribution in [1.29, 1.82) is 0 Å². The monoisotopic (exact) mass is 386 g/mol. The molecule has 7 heteroatoms. The summed E-state index contributed by atoms with van der Waals surface area (Å²) in [4.78, 5) is 0.772. The number of fused-ring (bicyclic) bond motifs is 1. The molecule has 0 unspecified atom stereocenters. The molecule has 0 radical (unpaired) electrons. The predicted molar refractivity (Wildman–Crippen MR) is 93.8 cm³/mol. The third-order valence-electron chi connectivity index (χ3n) is 3.43. The van der Waals surface area contributed by atoms with Gasteiger partial charge < -0.3 is 4.74 Å². The van der Waals surface area contributed by atoms with Crippen LogP contribution in [0.15, 0.2) is 53.0 Å². The zero-order valence-corrected chi connectivity index (χ0v) is 14.5. The minimum Gasteiger partial charge on any atom is -0.497 e. The third-order valence-corrected chi connectivity index (χ3v) is 4.91. The van der Waals surface area contributed by atoms with Crippen molar-refractivity contribution < 1.29 is 4.74 Å². The van der Waals surface area contributed by atoms with Crippen molar-refractivity contribution in [3.05, 3.63) is 53.0 Å². The largest absolute Gasteiger partial charge is 0.497 e. The summed E-state index contributed by atoms with van der Waals surface area (Å²) in [6, 6.07) is 15.8. The molecule has 0 N–H and O–H groups in total. The Labute approximate surface area is 144 Å². The SMILES string of the molecule is COc1ccc(-c2nn3c(-c4ccc(Br)cc4)nnc3s2)cc1. The maximum absolute atomic E-state index is 5.19. The quantitative estimate of drug-likeness (QED) is 0.526. The highest BCUT2D eigenvalue weighted by Crippen LogP contribution is 2.29. The Hall–Kier alpha value is -2.25. The number of rotatable bonds is 3. The van der Waals surface area contributed by atoms with Crippen LogP contribution in [0.1, 0.15) is 0 Å². The molecular weight excluding hydrogens is 376 g/mol. The molecule has 2 aromatic carbocycles. The van der Waals surface area contributed by atoms with Gasteiger partial charge in [-0.1, -0.05) is 39.4 Å². The van der Waals surface area contributed by atoms with Gasteiger partial charge in [-0.2, -0.15) is 9.61 Å². The van der Waals surface area contributed by atoms with Crippen LogP contribution < -0.4 is 4.74 Å². The van der Waals surface area contributed by atoms with Crippen LogP contribution in [0.5, 0.6) is 5.75 Å². The minimum absolute atomic E-state index is 0.739. The molecular formula is C16H11BrN4OS. The molecule has 23 heavy (non-hydrogen) atoms. The van der Waals surface area contributed by atoms with E-state index in [1.165, 1.54) is 11.3 Å². The zero-order chi connectivity index (χ0) is 15.8. The van der Waals surface area contributed by atoms with Crippen LogP contribution >= 0.6 is 27.3 Å². The number of halogens is 1. The highest BCUT2D eigenvalue weighted by Gasteiger charge is 2.14. The number of aromatic nitrogens is 4. The Morgan fingerprint density at radius 3 is 2.35 bits per heavy atom. The van der Waals surface area contributed by atoms with Crippen LogP contribution in [-0.2, 0) is 0 Å². The summed E-state index contributed by atoms with van der Waals surface area (Å²) in [5.41, 5.74) is 2.01. The van der Waals surface area contributed by atoms with E-state index in [1.54, 1.807) is 11.6 Å². The predicted octanol–water partition coefficient (Wildman–Crippen LogP) is 4.29. The molecule has 0 spiro atoms. The normalized spacial score (nSPS) is 11.0. The fourth-order valence-corrected chi connectivity index (χ4v) is 3.36. The summed E-state index contributed by atoms with van der Waals surface area (Å²) in [7, 11) is 1.66. The van der Waals surface area contributed by atoms with E-state index in [4.69, 9.17) is 4.74 Å². The first-order chi connectivity index (χ1) is 11.2. The Bertz CT molecular complexity index is 960. The molecule has 0 aliphatic carbocycles. The first-order valence-corrected chi connectivity index (χ1v) is 8.48. The Morgan fingerprint density at radius 1 is 0.957 bits per heavy atom. The van der Waals surface area contributed by atoms with Gasteiger partial charge in [0.2, 0.25) is 4.96 Å². The van der Waals surface area contributed by atoms with E-state index >= 15 is 0 Å². The van der Waals surface area contributed by atoms with E-state index in [-0.39, 0.29) is 0 Å². The van der Waals surface area contributed by atoms with Gasteiger partial charge in [0.25, 0.3) is 0 Å². The summed E-state index contributed by atoms with van der Waals surface area (Å²) in [5, 5.41) is 14.0. The maximum atomic E-state index is 5.19. The van der Waals surface area contributed by atoms with Crippen LogP contribution in [-0.4, -0.2) is 26.9 Å². The molecule has 0 atom stereocenters. The van der Waals surface area contributed by atoms with Crippen molar-refractivity contribution in [2.24, 2.45) is 0 Å². The smallest absolute Gasteiger partial charge is 0.235 e. The minimum atomic E-state index is 0.739. The van der Waals surface area contributed by atoms with E-state index in [1.807, 2.05) is 48.5 Å². The van der Waals surface area contributed by atoms with Crippen LogP contribution in [0.25, 0.3) is 26.9 Å². The lowest BCUT2D eigenvalue weighted by Crippen LogP contribution is -1.91. The summed E-state index contributed by atoms with van der Waals surface area (Å²) in [5.74, 6) is 1.57. The van der Waals surface area contributed by atoms with E-state index in [0.717, 1.165) is 37.1 Å². The fourth-order valence-electron chi connectivity index (χ4n) is 2.25. The van der Waals surface area contributed by atoms with Gasteiger partial charge in [-0.25, -0.2) is 0 Å². The summed E-state index contributed by atoms with van der Waals surface area (Å²) in [6.07, 6.45) is 0. The highest BCUT2D eigenvalue weighted by molar-refractivity contribution is 9.10. The van der Waals surface area contributed by atoms with Crippen molar-refractivity contribution in [1.82, 2.24) is 19.8 Å². The molecule has 5 nitrogen and oxygen atoms in total. The third kappa shape index (κ3) is 2.62. The van der Waals surface area contributed by atoms with Gasteiger partial charge in [0, 0.05) is 15.6 Å². The topological polar surface area (TPSA) is 52.3 Å². The van der Waals surface area contributed by atoms with Gasteiger partial charge in [-0.15, -0.1) is 10.2 Å². The number of hydrogen-bond donors (Lipinski definition) is 0. The van der Waals surface area contributed by atoms with Gasteiger partial charge in [-0.3, -0.25) is 0 Å². The Balaban J connectivity index is 1.77. The van der Waals surface area contributed by atoms with Gasteiger partial charge >= 0.3 is 0 Å². The van der Waals surface area contributed by atoms with E-state index in [0.29, 0.717) is 0 Å². The summed E-state index contributed by atoms with van der Waals surface area (Å²) >= 11 is 4.95. The molecule has 114 valence electrons. The Morgan fingerprint density at radius 2 is 1.65 bits per heavy atom. The van der Waals surface area contributed by atoms with Gasteiger partial charge in [-0.05, 0) is 36.4 Å². The Kier molecular flexibility index (Phi) is 3.59. The summed E-state index contributed by atoms with van der Waals surface area (Å²) in [6.45, 7) is 0. The number of ether oxygens (including phenoxy) is 1. The molecule has 0 saturated carbocycles. The summed E-state index contributed by atoms with van der Waals surface area (Å²) < 4.78 is 8.00. The number of hydrogen-bond acceptors (Lipinski definition) is 5. The lowest BCUT2D eigenvalue weighted by atomic mass is 10.2. The van der Waals surface area contributed by atoms with Crippen molar-refractivity contribution >= 4 is 32.2 Å². The second kappa shape index (κ2) is 5.75. The number of benzene rings is 2. The lowest BCUT2D eigenvalue weighted by molar-refractivity contribution is 0.415. The molecule has 0 aliphatic rings. The number of methoxy groups -OCH3 is 1. The van der Waals surface area contributed by atoms with Gasteiger partial charge in [0.15, 0.2) is 5.82 Å². The molecule has 2 heterocycles. The second-order valence-corrected chi connectivity index (χ2v) is 6.73. The van der Waals surface area contributed by atoms with Gasteiger partial charge in [0.05, 0.1) is 7.11 Å². The molecule has 0 aliphatic heterocycles. The molecule has 4 rings (SSSR count). The lowest BCUT2D eigenvalue weighted by Gasteiger charge is -2.00. The molecule has 0 fully saturated rings. The second-order valence-electron chi connectivity index (χ2n) is 4.86. The average molecular weight is 387 g/mol. The first-order valence-electron chi connectivity index (χ1n) is 6.87. The fraction of sp³-hybridized carbons (Fsp3) is 0.0625. The van der Waals surface area contributed by atoms with Crippen molar-refractivity contribution in [2.45, 2.75) is 0 Å². The molecule has 2 aromatic heterocycles.